The fraction of sp³-hybridized carbons (Fsp3) is 0.600. The van der Waals surface area contributed by atoms with E-state index in [0.29, 0.717) is 12.0 Å². The molecule has 0 aliphatic rings. The Kier molecular flexibility index (Phi) is 7.33. The van der Waals surface area contributed by atoms with Crippen molar-refractivity contribution in [3.63, 3.8) is 0 Å². The minimum atomic E-state index is 0.380. The van der Waals surface area contributed by atoms with Crippen LogP contribution in [0.15, 0.2) is 24.3 Å². The van der Waals surface area contributed by atoms with Gasteiger partial charge in [0, 0.05) is 24.2 Å². The predicted molar refractivity (Wildman–Crippen MR) is 78.1 cm³/mol. The SMILES string of the molecule is CCC(NCCOCC(C)C)c1ccc(Cl)cc1. The van der Waals surface area contributed by atoms with Gasteiger partial charge in [0.05, 0.1) is 6.61 Å². The van der Waals surface area contributed by atoms with Crippen molar-refractivity contribution in [1.29, 1.82) is 0 Å². The van der Waals surface area contributed by atoms with Gasteiger partial charge in [-0.3, -0.25) is 0 Å². The lowest BCUT2D eigenvalue weighted by molar-refractivity contribution is 0.110. The minimum absolute atomic E-state index is 0.380. The molecule has 0 aliphatic heterocycles. The van der Waals surface area contributed by atoms with E-state index in [1.807, 2.05) is 12.1 Å². The average molecular weight is 270 g/mol. The van der Waals surface area contributed by atoms with Crippen LogP contribution in [-0.4, -0.2) is 19.8 Å². The van der Waals surface area contributed by atoms with Crippen molar-refractivity contribution in [3.05, 3.63) is 34.9 Å². The highest BCUT2D eigenvalue weighted by atomic mass is 35.5. The molecule has 102 valence electrons. The fourth-order valence-corrected chi connectivity index (χ4v) is 1.94. The van der Waals surface area contributed by atoms with Crippen molar-refractivity contribution in [2.75, 3.05) is 19.8 Å². The summed E-state index contributed by atoms with van der Waals surface area (Å²) in [7, 11) is 0. The maximum absolute atomic E-state index is 5.89. The molecule has 0 radical (unpaired) electrons. The molecule has 3 heteroatoms. The van der Waals surface area contributed by atoms with Crippen LogP contribution in [-0.2, 0) is 4.74 Å². The lowest BCUT2D eigenvalue weighted by Crippen LogP contribution is -2.25. The van der Waals surface area contributed by atoms with Crippen molar-refractivity contribution >= 4 is 11.6 Å². The Bertz CT molecular complexity index is 324. The number of benzene rings is 1. The molecule has 0 spiro atoms. The normalized spacial score (nSPS) is 12.9. The minimum Gasteiger partial charge on any atom is -0.380 e. The first-order chi connectivity index (χ1) is 8.63. The average Bonchev–Trinajstić information content (AvgIpc) is 2.35. The Balaban J connectivity index is 2.31. The lowest BCUT2D eigenvalue weighted by Gasteiger charge is -2.17. The molecule has 1 aromatic carbocycles. The Hall–Kier alpha value is -0.570. The van der Waals surface area contributed by atoms with Gasteiger partial charge in [-0.05, 0) is 30.0 Å². The van der Waals surface area contributed by atoms with Crippen molar-refractivity contribution in [3.8, 4) is 0 Å². The van der Waals surface area contributed by atoms with Gasteiger partial charge in [0.2, 0.25) is 0 Å². The third-order valence-electron chi connectivity index (χ3n) is 2.77. The first-order valence-corrected chi connectivity index (χ1v) is 7.07. The van der Waals surface area contributed by atoms with E-state index in [0.717, 1.165) is 31.2 Å². The van der Waals surface area contributed by atoms with Gasteiger partial charge in [-0.25, -0.2) is 0 Å². The van der Waals surface area contributed by atoms with Gasteiger partial charge in [-0.2, -0.15) is 0 Å². The van der Waals surface area contributed by atoms with Gasteiger partial charge in [-0.1, -0.05) is 44.5 Å². The second-order valence-corrected chi connectivity index (χ2v) is 5.37. The molecule has 0 fully saturated rings. The number of rotatable bonds is 8. The van der Waals surface area contributed by atoms with Crippen LogP contribution >= 0.6 is 11.6 Å². The van der Waals surface area contributed by atoms with Crippen LogP contribution in [0, 0.1) is 5.92 Å². The lowest BCUT2D eigenvalue weighted by atomic mass is 10.0. The van der Waals surface area contributed by atoms with Gasteiger partial charge < -0.3 is 10.1 Å². The van der Waals surface area contributed by atoms with Crippen LogP contribution < -0.4 is 5.32 Å². The van der Waals surface area contributed by atoms with Crippen LogP contribution in [0.2, 0.25) is 5.02 Å². The van der Waals surface area contributed by atoms with Gasteiger partial charge in [0.15, 0.2) is 0 Å². The van der Waals surface area contributed by atoms with Crippen LogP contribution in [0.5, 0.6) is 0 Å². The summed E-state index contributed by atoms with van der Waals surface area (Å²) in [5.74, 6) is 0.600. The quantitative estimate of drug-likeness (QED) is 0.719. The van der Waals surface area contributed by atoms with Crippen LogP contribution in [0.4, 0.5) is 0 Å². The number of halogens is 1. The molecule has 0 saturated carbocycles. The summed E-state index contributed by atoms with van der Waals surface area (Å²) in [5, 5.41) is 4.30. The topological polar surface area (TPSA) is 21.3 Å². The molecule has 1 rings (SSSR count). The largest absolute Gasteiger partial charge is 0.380 e. The summed E-state index contributed by atoms with van der Waals surface area (Å²) in [4.78, 5) is 0. The zero-order valence-electron chi connectivity index (χ0n) is 11.6. The zero-order chi connectivity index (χ0) is 13.4. The number of nitrogens with one attached hydrogen (secondary N) is 1. The third kappa shape index (κ3) is 5.85. The molecule has 2 nitrogen and oxygen atoms in total. The van der Waals surface area contributed by atoms with E-state index < -0.39 is 0 Å². The summed E-state index contributed by atoms with van der Waals surface area (Å²) in [5.41, 5.74) is 1.28. The molecular weight excluding hydrogens is 246 g/mol. The highest BCUT2D eigenvalue weighted by Crippen LogP contribution is 2.18. The summed E-state index contributed by atoms with van der Waals surface area (Å²) < 4.78 is 5.56. The van der Waals surface area contributed by atoms with E-state index in [1.54, 1.807) is 0 Å². The Morgan fingerprint density at radius 1 is 1.22 bits per heavy atom. The molecule has 1 unspecified atom stereocenters. The molecular formula is C15H24ClNO. The zero-order valence-corrected chi connectivity index (χ0v) is 12.3. The molecule has 0 bridgehead atoms. The first kappa shape index (κ1) is 15.5. The van der Waals surface area contributed by atoms with Gasteiger partial charge in [0.25, 0.3) is 0 Å². The van der Waals surface area contributed by atoms with E-state index in [-0.39, 0.29) is 0 Å². The van der Waals surface area contributed by atoms with Crippen LogP contribution in [0.3, 0.4) is 0 Å². The molecule has 0 amide bonds. The van der Waals surface area contributed by atoms with Gasteiger partial charge >= 0.3 is 0 Å². The molecule has 1 atom stereocenters. The highest BCUT2D eigenvalue weighted by Gasteiger charge is 2.07. The van der Waals surface area contributed by atoms with Crippen molar-refractivity contribution < 1.29 is 4.74 Å². The molecule has 0 heterocycles. The smallest absolute Gasteiger partial charge is 0.0591 e. The summed E-state index contributed by atoms with van der Waals surface area (Å²) >= 11 is 5.89. The second kappa shape index (κ2) is 8.52. The predicted octanol–water partition coefficient (Wildman–Crippen LogP) is 4.05. The number of hydrogen-bond donors (Lipinski definition) is 1. The maximum Gasteiger partial charge on any atom is 0.0591 e. The molecule has 1 N–H and O–H groups in total. The van der Waals surface area contributed by atoms with E-state index in [1.165, 1.54) is 5.56 Å². The molecule has 18 heavy (non-hydrogen) atoms. The van der Waals surface area contributed by atoms with Crippen LogP contribution in [0.25, 0.3) is 0 Å². The molecule has 1 aromatic rings. The summed E-state index contributed by atoms with van der Waals surface area (Å²) in [6, 6.07) is 8.43. The molecule has 0 aliphatic carbocycles. The first-order valence-electron chi connectivity index (χ1n) is 6.70. The number of ether oxygens (including phenoxy) is 1. The Morgan fingerprint density at radius 3 is 2.44 bits per heavy atom. The van der Waals surface area contributed by atoms with E-state index in [9.17, 15) is 0 Å². The third-order valence-corrected chi connectivity index (χ3v) is 3.02. The van der Waals surface area contributed by atoms with E-state index >= 15 is 0 Å². The van der Waals surface area contributed by atoms with Gasteiger partial charge in [0.1, 0.15) is 0 Å². The standard InChI is InChI=1S/C15H24ClNO/c1-4-15(13-5-7-14(16)8-6-13)17-9-10-18-11-12(2)3/h5-8,12,15,17H,4,9-11H2,1-3H3. The summed E-state index contributed by atoms with van der Waals surface area (Å²) in [6.07, 6.45) is 1.06. The van der Waals surface area contributed by atoms with Gasteiger partial charge in [-0.15, -0.1) is 0 Å². The second-order valence-electron chi connectivity index (χ2n) is 4.94. The van der Waals surface area contributed by atoms with Crippen molar-refractivity contribution in [1.82, 2.24) is 5.32 Å². The van der Waals surface area contributed by atoms with Crippen molar-refractivity contribution in [2.45, 2.75) is 33.2 Å². The fourth-order valence-electron chi connectivity index (χ4n) is 1.82. The molecule has 0 saturated heterocycles. The Labute approximate surface area is 116 Å². The van der Waals surface area contributed by atoms with E-state index in [4.69, 9.17) is 16.3 Å². The van der Waals surface area contributed by atoms with Crippen molar-refractivity contribution in [2.24, 2.45) is 5.92 Å². The highest BCUT2D eigenvalue weighted by molar-refractivity contribution is 6.30. The van der Waals surface area contributed by atoms with Crippen LogP contribution in [0.1, 0.15) is 38.8 Å². The summed E-state index contributed by atoms with van der Waals surface area (Å²) in [6.45, 7) is 8.99. The Morgan fingerprint density at radius 2 is 1.89 bits per heavy atom. The molecule has 0 aromatic heterocycles. The maximum atomic E-state index is 5.89. The van der Waals surface area contributed by atoms with E-state index in [2.05, 4.69) is 38.2 Å². The number of hydrogen-bond acceptors (Lipinski definition) is 2. The monoisotopic (exact) mass is 269 g/mol.